The van der Waals surface area contributed by atoms with Crippen molar-refractivity contribution < 1.29 is 0 Å². The van der Waals surface area contributed by atoms with Crippen LogP contribution in [0.2, 0.25) is 0 Å². The summed E-state index contributed by atoms with van der Waals surface area (Å²) in [6.45, 7) is 0. The number of benzene rings is 2. The quantitative estimate of drug-likeness (QED) is 0.286. The molecule has 0 fully saturated rings. The molecule has 32 heavy (non-hydrogen) atoms. The normalized spacial score (nSPS) is 11.1. The van der Waals surface area contributed by atoms with Gasteiger partial charge in [0.25, 0.3) is 0 Å². The predicted molar refractivity (Wildman–Crippen MR) is 133 cm³/mol. The summed E-state index contributed by atoms with van der Waals surface area (Å²) in [4.78, 5) is 17.9. The number of fused-ring (bicyclic) bond motifs is 1. The summed E-state index contributed by atoms with van der Waals surface area (Å²) in [5, 5.41) is 8.29. The highest BCUT2D eigenvalue weighted by Crippen LogP contribution is 2.37. The van der Waals surface area contributed by atoms with Gasteiger partial charge in [0.2, 0.25) is 0 Å². The zero-order valence-electron chi connectivity index (χ0n) is 16.8. The Kier molecular flexibility index (Phi) is 4.79. The fourth-order valence-electron chi connectivity index (χ4n) is 3.94. The van der Waals surface area contributed by atoms with Crippen LogP contribution >= 0.6 is 22.7 Å². The maximum Gasteiger partial charge on any atom is 0.124 e. The van der Waals surface area contributed by atoms with Crippen molar-refractivity contribution in [3.8, 4) is 43.4 Å². The molecule has 4 heterocycles. The lowest BCUT2D eigenvalue weighted by Gasteiger charge is -2.13. The van der Waals surface area contributed by atoms with Gasteiger partial charge in [-0.1, -0.05) is 36.4 Å². The minimum absolute atomic E-state index is 0.977. The molecule has 152 valence electrons. The molecular weight excluding hydrogens is 432 g/mol. The molecule has 0 saturated heterocycles. The number of nitrogens with zero attached hydrogens (tertiary/aromatic N) is 4. The Morgan fingerprint density at radius 1 is 0.531 bits per heavy atom. The molecule has 0 aliphatic rings. The molecule has 0 amide bonds. The molecule has 4 aromatic heterocycles. The monoisotopic (exact) mass is 448 g/mol. The Hall–Kier alpha value is -3.74. The first-order valence-corrected chi connectivity index (χ1v) is 11.8. The van der Waals surface area contributed by atoms with Crippen molar-refractivity contribution >= 4 is 33.4 Å². The lowest BCUT2D eigenvalue weighted by Crippen LogP contribution is -1.89. The maximum absolute atomic E-state index is 4.50. The van der Waals surface area contributed by atoms with Gasteiger partial charge in [-0.3, -0.25) is 9.97 Å². The van der Waals surface area contributed by atoms with Gasteiger partial charge in [0.15, 0.2) is 0 Å². The second-order valence-electron chi connectivity index (χ2n) is 7.31. The first-order valence-electron chi connectivity index (χ1n) is 10.1. The number of rotatable bonds is 4. The average Bonchev–Trinajstić information content (AvgIpc) is 3.59. The number of aromatic nitrogens is 4. The van der Waals surface area contributed by atoms with E-state index in [0.29, 0.717) is 0 Å². The summed E-state index contributed by atoms with van der Waals surface area (Å²) in [6, 6.07) is 17.2. The molecule has 0 unspecified atom stereocenters. The molecule has 0 N–H and O–H groups in total. The van der Waals surface area contributed by atoms with Crippen LogP contribution < -0.4 is 0 Å². The summed E-state index contributed by atoms with van der Waals surface area (Å²) in [5.74, 6) is 0. The highest BCUT2D eigenvalue weighted by molar-refractivity contribution is 7.13. The van der Waals surface area contributed by atoms with Crippen molar-refractivity contribution in [1.29, 1.82) is 0 Å². The van der Waals surface area contributed by atoms with Crippen LogP contribution in [0.1, 0.15) is 0 Å². The second-order valence-corrected chi connectivity index (χ2v) is 9.09. The second kappa shape index (κ2) is 8.07. The molecule has 6 rings (SSSR count). The van der Waals surface area contributed by atoms with Crippen molar-refractivity contribution in [2.45, 2.75) is 0 Å². The van der Waals surface area contributed by atoms with Gasteiger partial charge in [-0.15, -0.1) is 22.7 Å². The van der Waals surface area contributed by atoms with Gasteiger partial charge in [0.05, 0.1) is 0 Å². The molecule has 0 spiro atoms. The molecule has 0 radical (unpaired) electrons. The Balaban J connectivity index is 1.50. The number of hydrogen-bond donors (Lipinski definition) is 0. The van der Waals surface area contributed by atoms with Gasteiger partial charge in [-0.05, 0) is 34.0 Å². The summed E-state index contributed by atoms with van der Waals surface area (Å²) in [7, 11) is 0. The number of thiazole rings is 2. The fraction of sp³-hybridized carbons (Fsp3) is 0. The first-order chi connectivity index (χ1) is 15.9. The Morgan fingerprint density at radius 3 is 1.44 bits per heavy atom. The van der Waals surface area contributed by atoms with Crippen LogP contribution in [0.4, 0.5) is 0 Å². The third-order valence-corrected chi connectivity index (χ3v) is 7.03. The molecule has 6 aromatic rings. The van der Waals surface area contributed by atoms with Gasteiger partial charge in [-0.25, -0.2) is 9.97 Å². The molecule has 2 aromatic carbocycles. The van der Waals surface area contributed by atoms with Crippen LogP contribution in [0.15, 0.2) is 96.5 Å². The van der Waals surface area contributed by atoms with Crippen LogP contribution in [0.25, 0.3) is 54.2 Å². The average molecular weight is 449 g/mol. The smallest absolute Gasteiger partial charge is 0.124 e. The highest BCUT2D eigenvalue weighted by Gasteiger charge is 2.12. The maximum atomic E-state index is 4.50. The topological polar surface area (TPSA) is 51.6 Å². The van der Waals surface area contributed by atoms with Crippen LogP contribution in [0.5, 0.6) is 0 Å². The Labute approximate surface area is 193 Å². The van der Waals surface area contributed by atoms with E-state index in [1.807, 2.05) is 47.9 Å². The van der Waals surface area contributed by atoms with E-state index >= 15 is 0 Å². The lowest BCUT2D eigenvalue weighted by atomic mass is 9.92. The molecular formula is C26H16N4S2. The van der Waals surface area contributed by atoms with E-state index in [-0.39, 0.29) is 0 Å². The lowest BCUT2D eigenvalue weighted by molar-refractivity contribution is 1.31. The molecule has 0 atom stereocenters. The number of pyridine rings is 2. The van der Waals surface area contributed by atoms with E-state index in [1.54, 1.807) is 22.7 Å². The van der Waals surface area contributed by atoms with Gasteiger partial charge >= 0.3 is 0 Å². The summed E-state index contributed by atoms with van der Waals surface area (Å²) >= 11 is 3.24. The van der Waals surface area contributed by atoms with Crippen molar-refractivity contribution in [2.24, 2.45) is 0 Å². The van der Waals surface area contributed by atoms with Crippen molar-refractivity contribution in [2.75, 3.05) is 0 Å². The van der Waals surface area contributed by atoms with Crippen molar-refractivity contribution in [1.82, 2.24) is 19.9 Å². The van der Waals surface area contributed by atoms with Crippen molar-refractivity contribution in [3.05, 3.63) is 96.5 Å². The van der Waals surface area contributed by atoms with Crippen LogP contribution in [0.3, 0.4) is 0 Å². The van der Waals surface area contributed by atoms with Crippen LogP contribution in [-0.2, 0) is 0 Å². The SMILES string of the molecule is c1ccc2c(-c3cncc(-c4nccs4)c3)ccc(-c3cncc(-c4nccs4)c3)c2c1. The van der Waals surface area contributed by atoms with E-state index in [9.17, 15) is 0 Å². The first kappa shape index (κ1) is 19.0. The van der Waals surface area contributed by atoms with Gasteiger partial charge < -0.3 is 0 Å². The molecule has 0 saturated carbocycles. The third kappa shape index (κ3) is 3.39. The minimum atomic E-state index is 0.977. The van der Waals surface area contributed by atoms with Gasteiger partial charge in [0, 0.05) is 70.2 Å². The largest absolute Gasteiger partial charge is 0.263 e. The van der Waals surface area contributed by atoms with E-state index in [1.165, 1.54) is 10.8 Å². The summed E-state index contributed by atoms with van der Waals surface area (Å²) in [6.07, 6.45) is 11.2. The zero-order chi connectivity index (χ0) is 21.3. The zero-order valence-corrected chi connectivity index (χ0v) is 18.5. The molecule has 0 bridgehead atoms. The van der Waals surface area contributed by atoms with E-state index in [0.717, 1.165) is 43.4 Å². The van der Waals surface area contributed by atoms with E-state index in [2.05, 4.69) is 68.5 Å². The van der Waals surface area contributed by atoms with Crippen LogP contribution in [0, 0.1) is 0 Å². The highest BCUT2D eigenvalue weighted by atomic mass is 32.1. The summed E-state index contributed by atoms with van der Waals surface area (Å²) < 4.78 is 0. The minimum Gasteiger partial charge on any atom is -0.263 e. The molecule has 6 heteroatoms. The van der Waals surface area contributed by atoms with Crippen LogP contribution in [-0.4, -0.2) is 19.9 Å². The predicted octanol–water partition coefficient (Wildman–Crippen LogP) is 7.21. The summed E-state index contributed by atoms with van der Waals surface area (Å²) in [5.41, 5.74) is 6.53. The Bertz CT molecular complexity index is 1410. The fourth-order valence-corrected chi connectivity index (χ4v) is 5.18. The van der Waals surface area contributed by atoms with E-state index in [4.69, 9.17) is 0 Å². The van der Waals surface area contributed by atoms with Gasteiger partial charge in [0.1, 0.15) is 10.0 Å². The van der Waals surface area contributed by atoms with Gasteiger partial charge in [-0.2, -0.15) is 0 Å². The molecule has 4 nitrogen and oxygen atoms in total. The standard InChI is InChI=1S/C26H16N4S2/c1-2-4-24-22(18-12-20(16-28-14-18)26-30-8-10-32-26)6-5-21(23(24)3-1)17-11-19(15-27-13-17)25-29-7-9-31-25/h1-16H. The van der Waals surface area contributed by atoms with Crippen molar-refractivity contribution in [3.63, 3.8) is 0 Å². The molecule has 0 aliphatic carbocycles. The number of hydrogen-bond acceptors (Lipinski definition) is 6. The Morgan fingerprint density at radius 2 is 1.00 bits per heavy atom. The molecule has 0 aliphatic heterocycles. The van der Waals surface area contributed by atoms with E-state index < -0.39 is 0 Å². The third-order valence-electron chi connectivity index (χ3n) is 5.38.